The van der Waals surface area contributed by atoms with E-state index in [0.29, 0.717) is 32.3 Å². The molecule has 1 aromatic carbocycles. The predicted molar refractivity (Wildman–Crippen MR) is 96.7 cm³/mol. The van der Waals surface area contributed by atoms with Crippen LogP contribution in [0.4, 0.5) is 5.69 Å². The average molecular weight is 336 g/mol. The van der Waals surface area contributed by atoms with Crippen LogP contribution in [0.15, 0.2) is 29.3 Å². The van der Waals surface area contributed by atoms with E-state index in [-0.39, 0.29) is 12.5 Å². The van der Waals surface area contributed by atoms with Crippen LogP contribution < -0.4 is 20.7 Å². The van der Waals surface area contributed by atoms with E-state index in [1.807, 2.05) is 38.1 Å². The molecule has 134 valence electrons. The highest BCUT2D eigenvalue weighted by Gasteiger charge is 2.03. The van der Waals surface area contributed by atoms with Gasteiger partial charge in [0.2, 0.25) is 5.91 Å². The molecule has 7 heteroatoms. The number of hydrogen-bond acceptors (Lipinski definition) is 4. The normalized spacial score (nSPS) is 11.0. The number of likely N-dealkylation sites (N-methyl/N-ethyl adjacent to an activating group) is 1. The maximum absolute atomic E-state index is 11.5. The first-order valence-electron chi connectivity index (χ1n) is 8.23. The first-order chi connectivity index (χ1) is 11.7. The van der Waals surface area contributed by atoms with Crippen LogP contribution in [0.5, 0.6) is 5.75 Å². The molecule has 0 bridgehead atoms. The minimum absolute atomic E-state index is 0.0797. The van der Waals surface area contributed by atoms with Crippen molar-refractivity contribution in [3.8, 4) is 5.75 Å². The van der Waals surface area contributed by atoms with Crippen molar-refractivity contribution in [1.82, 2.24) is 10.6 Å². The summed E-state index contributed by atoms with van der Waals surface area (Å²) in [5.41, 5.74) is 0.842. The van der Waals surface area contributed by atoms with Crippen LogP contribution in [0.1, 0.15) is 20.3 Å². The van der Waals surface area contributed by atoms with Crippen LogP contribution in [0.2, 0.25) is 0 Å². The van der Waals surface area contributed by atoms with Crippen molar-refractivity contribution in [3.63, 3.8) is 0 Å². The number of nitrogens with zero attached hydrogens (tertiary/aromatic N) is 1. The van der Waals surface area contributed by atoms with E-state index < -0.39 is 0 Å². The summed E-state index contributed by atoms with van der Waals surface area (Å²) in [5, 5.41) is 9.00. The minimum atomic E-state index is -0.107. The molecule has 7 nitrogen and oxygen atoms in total. The Bertz CT molecular complexity index is 520. The molecule has 0 spiro atoms. The highest BCUT2D eigenvalue weighted by atomic mass is 16.5. The number of carbonyl (C=O) groups excluding carboxylic acids is 1. The van der Waals surface area contributed by atoms with Gasteiger partial charge >= 0.3 is 0 Å². The quantitative estimate of drug-likeness (QED) is 0.343. The standard InChI is InChI=1S/C17H28N4O3/c1-4-18-16(22)13-20-17(19-5-2)21-14-8-6-9-15(12-14)24-11-7-10-23-3/h6,8-9,12H,4-5,7,10-11,13H2,1-3H3,(H,18,22)(H2,19,20,21). The summed E-state index contributed by atoms with van der Waals surface area (Å²) < 4.78 is 10.7. The van der Waals surface area contributed by atoms with E-state index >= 15 is 0 Å². The molecule has 0 aliphatic carbocycles. The largest absolute Gasteiger partial charge is 0.493 e. The van der Waals surface area contributed by atoms with Gasteiger partial charge in [-0.2, -0.15) is 0 Å². The van der Waals surface area contributed by atoms with Gasteiger partial charge in [0.25, 0.3) is 0 Å². The zero-order chi connectivity index (χ0) is 17.6. The Morgan fingerprint density at radius 3 is 2.67 bits per heavy atom. The number of carbonyl (C=O) groups is 1. The molecule has 0 saturated carbocycles. The summed E-state index contributed by atoms with van der Waals surface area (Å²) in [6, 6.07) is 7.62. The van der Waals surface area contributed by atoms with Gasteiger partial charge in [-0.3, -0.25) is 4.79 Å². The molecule has 1 aromatic rings. The molecular weight excluding hydrogens is 308 g/mol. The summed E-state index contributed by atoms with van der Waals surface area (Å²) in [6.07, 6.45) is 0.838. The third-order valence-electron chi connectivity index (χ3n) is 2.96. The number of guanidine groups is 1. The smallest absolute Gasteiger partial charge is 0.241 e. The second-order valence-electron chi connectivity index (χ2n) is 5.00. The van der Waals surface area contributed by atoms with Crippen molar-refractivity contribution in [2.24, 2.45) is 4.99 Å². The van der Waals surface area contributed by atoms with Gasteiger partial charge in [0.05, 0.1) is 6.61 Å². The van der Waals surface area contributed by atoms with E-state index in [0.717, 1.165) is 17.9 Å². The SMILES string of the molecule is CCNC(=O)CN=C(NCC)Nc1cccc(OCCCOC)c1. The van der Waals surface area contributed by atoms with E-state index in [1.165, 1.54) is 0 Å². The topological polar surface area (TPSA) is 84.0 Å². The van der Waals surface area contributed by atoms with Gasteiger partial charge in [0.15, 0.2) is 5.96 Å². The third-order valence-corrected chi connectivity index (χ3v) is 2.96. The first-order valence-corrected chi connectivity index (χ1v) is 8.23. The number of nitrogens with one attached hydrogen (secondary N) is 3. The lowest BCUT2D eigenvalue weighted by Gasteiger charge is -2.13. The molecule has 0 radical (unpaired) electrons. The fourth-order valence-electron chi connectivity index (χ4n) is 1.90. The second-order valence-corrected chi connectivity index (χ2v) is 5.00. The Morgan fingerprint density at radius 2 is 1.96 bits per heavy atom. The van der Waals surface area contributed by atoms with Crippen LogP contribution in [0, 0.1) is 0 Å². The van der Waals surface area contributed by atoms with E-state index in [9.17, 15) is 4.79 Å². The highest BCUT2D eigenvalue weighted by Crippen LogP contribution is 2.17. The lowest BCUT2D eigenvalue weighted by Crippen LogP contribution is -2.33. The predicted octanol–water partition coefficient (Wildman–Crippen LogP) is 1.62. The summed E-state index contributed by atoms with van der Waals surface area (Å²) in [4.78, 5) is 15.8. The van der Waals surface area contributed by atoms with Crippen molar-refractivity contribution >= 4 is 17.6 Å². The zero-order valence-corrected chi connectivity index (χ0v) is 14.7. The van der Waals surface area contributed by atoms with Crippen molar-refractivity contribution in [3.05, 3.63) is 24.3 Å². The number of methoxy groups -OCH3 is 1. The zero-order valence-electron chi connectivity index (χ0n) is 14.7. The summed E-state index contributed by atoms with van der Waals surface area (Å²) >= 11 is 0. The number of rotatable bonds is 10. The minimum Gasteiger partial charge on any atom is -0.493 e. The highest BCUT2D eigenvalue weighted by molar-refractivity contribution is 5.95. The maximum atomic E-state index is 11.5. The lowest BCUT2D eigenvalue weighted by molar-refractivity contribution is -0.119. The van der Waals surface area contributed by atoms with Gasteiger partial charge in [-0.05, 0) is 26.0 Å². The molecular formula is C17H28N4O3. The van der Waals surface area contributed by atoms with E-state index in [1.54, 1.807) is 7.11 Å². The molecule has 0 fully saturated rings. The molecule has 1 amide bonds. The van der Waals surface area contributed by atoms with Gasteiger partial charge in [-0.15, -0.1) is 0 Å². The molecule has 1 rings (SSSR count). The number of aliphatic imine (C=N–C) groups is 1. The molecule has 0 unspecified atom stereocenters. The van der Waals surface area contributed by atoms with Gasteiger partial charge in [-0.25, -0.2) is 4.99 Å². The first kappa shape index (κ1) is 19.8. The number of anilines is 1. The Morgan fingerprint density at radius 1 is 1.17 bits per heavy atom. The number of ether oxygens (including phenoxy) is 2. The van der Waals surface area contributed by atoms with Crippen LogP contribution in [-0.2, 0) is 9.53 Å². The fourth-order valence-corrected chi connectivity index (χ4v) is 1.90. The van der Waals surface area contributed by atoms with Gasteiger partial charge in [0.1, 0.15) is 12.3 Å². The van der Waals surface area contributed by atoms with Gasteiger partial charge in [0, 0.05) is 45.0 Å². The molecule has 0 aromatic heterocycles. The van der Waals surface area contributed by atoms with Gasteiger partial charge < -0.3 is 25.4 Å². The molecule has 0 aliphatic heterocycles. The Balaban J connectivity index is 2.62. The lowest BCUT2D eigenvalue weighted by atomic mass is 10.3. The Kier molecular flexibility index (Phi) is 10.0. The van der Waals surface area contributed by atoms with Crippen LogP contribution in [-0.4, -0.2) is 51.8 Å². The van der Waals surface area contributed by atoms with Crippen molar-refractivity contribution in [1.29, 1.82) is 0 Å². The summed E-state index contributed by atoms with van der Waals surface area (Å²) in [6.45, 7) is 6.51. The number of hydrogen-bond donors (Lipinski definition) is 3. The van der Waals surface area contributed by atoms with Crippen molar-refractivity contribution in [2.45, 2.75) is 20.3 Å². The summed E-state index contributed by atoms with van der Waals surface area (Å²) in [7, 11) is 1.67. The Labute approximate surface area is 143 Å². The van der Waals surface area contributed by atoms with Gasteiger partial charge in [-0.1, -0.05) is 6.07 Å². The Hall–Kier alpha value is -2.28. The van der Waals surface area contributed by atoms with Crippen LogP contribution >= 0.6 is 0 Å². The molecule has 0 aliphatic rings. The van der Waals surface area contributed by atoms with E-state index in [4.69, 9.17) is 9.47 Å². The molecule has 0 heterocycles. The second kappa shape index (κ2) is 12.2. The van der Waals surface area contributed by atoms with Crippen LogP contribution in [0.25, 0.3) is 0 Å². The fraction of sp³-hybridized carbons (Fsp3) is 0.529. The van der Waals surface area contributed by atoms with Crippen molar-refractivity contribution in [2.75, 3.05) is 45.3 Å². The van der Waals surface area contributed by atoms with Crippen molar-refractivity contribution < 1.29 is 14.3 Å². The maximum Gasteiger partial charge on any atom is 0.241 e. The van der Waals surface area contributed by atoms with Crippen LogP contribution in [0.3, 0.4) is 0 Å². The molecule has 24 heavy (non-hydrogen) atoms. The third kappa shape index (κ3) is 8.38. The summed E-state index contributed by atoms with van der Waals surface area (Å²) in [5.74, 6) is 1.22. The molecule has 3 N–H and O–H groups in total. The monoisotopic (exact) mass is 336 g/mol. The number of amides is 1. The average Bonchev–Trinajstić information content (AvgIpc) is 2.57. The number of benzene rings is 1. The van der Waals surface area contributed by atoms with E-state index in [2.05, 4.69) is 20.9 Å². The molecule has 0 saturated heterocycles. The molecule has 0 atom stereocenters.